The van der Waals surface area contributed by atoms with Crippen LogP contribution in [0.1, 0.15) is 65.2 Å². The van der Waals surface area contributed by atoms with E-state index in [0.29, 0.717) is 48.2 Å². The lowest BCUT2D eigenvalue weighted by molar-refractivity contribution is -0.275. The fourth-order valence-corrected chi connectivity index (χ4v) is 7.10. The maximum atomic E-state index is 13.9. The maximum Gasteiger partial charge on any atom is 0.573 e. The minimum atomic E-state index is -5.12. The smallest absolute Gasteiger partial charge is 0.403 e. The number of rotatable bonds is 6. The van der Waals surface area contributed by atoms with Gasteiger partial charge in [0.05, 0.1) is 5.60 Å². The third-order valence-corrected chi connectivity index (χ3v) is 10.3. The Morgan fingerprint density at radius 3 is 2.24 bits per heavy atom. The number of likely N-dealkylation sites (tertiary alicyclic amines) is 1. The molecule has 0 unspecified atom stereocenters. The highest BCUT2D eigenvalue weighted by Gasteiger charge is 2.47. The van der Waals surface area contributed by atoms with Crippen LogP contribution in [0.5, 0.6) is 5.75 Å². The molecule has 3 aliphatic heterocycles. The van der Waals surface area contributed by atoms with Gasteiger partial charge < -0.3 is 20.1 Å². The highest BCUT2D eigenvalue weighted by molar-refractivity contribution is 7.92. The first-order chi connectivity index (χ1) is 21.4. The Morgan fingerprint density at radius 1 is 1.04 bits per heavy atom. The van der Waals surface area contributed by atoms with Gasteiger partial charge in [0.15, 0.2) is 11.6 Å². The molecule has 2 aromatic carbocycles. The Bertz CT molecular complexity index is 1700. The van der Waals surface area contributed by atoms with Crippen molar-refractivity contribution >= 4 is 33.7 Å². The zero-order valence-corrected chi connectivity index (χ0v) is 26.3. The molecular formula is C31H34F4N4O6S. The first kappa shape index (κ1) is 33.5. The topological polar surface area (TPSA) is 129 Å². The Kier molecular flexibility index (Phi) is 8.81. The van der Waals surface area contributed by atoms with E-state index in [1.54, 1.807) is 37.8 Å². The molecule has 0 atom stereocenters. The number of aliphatic hydroxyl groups is 1. The lowest BCUT2D eigenvalue weighted by Crippen LogP contribution is -2.50. The molecule has 0 aliphatic carbocycles. The van der Waals surface area contributed by atoms with Gasteiger partial charge in [-0.15, -0.1) is 13.2 Å². The lowest BCUT2D eigenvalue weighted by Gasteiger charge is -2.36. The van der Waals surface area contributed by atoms with E-state index in [1.807, 2.05) is 0 Å². The van der Waals surface area contributed by atoms with Crippen LogP contribution in [0.3, 0.4) is 0 Å². The monoisotopic (exact) mass is 666 g/mol. The molecule has 46 heavy (non-hydrogen) atoms. The summed E-state index contributed by atoms with van der Waals surface area (Å²) in [6.45, 7) is 6.13. The van der Waals surface area contributed by atoms with Crippen molar-refractivity contribution < 1.29 is 45.4 Å². The van der Waals surface area contributed by atoms with Crippen molar-refractivity contribution in [3.8, 4) is 5.75 Å². The molecule has 0 saturated carbocycles. The summed E-state index contributed by atoms with van der Waals surface area (Å²) in [5.74, 6) is -3.06. The number of ether oxygens (including phenoxy) is 1. The summed E-state index contributed by atoms with van der Waals surface area (Å²) in [7, 11) is -3.92. The standard InChI is InChI=1S/C31H34F4N4O6S/c1-19-16-22(27(40)38-11-7-29(3,42)8-12-38)17-20(2)23(19)6-15-46(43,44)39-13-9-30(10-14-39)28(41)36-26(37-30)21-4-5-24(32)25(18-21)45-31(33,34)35/h4-6,15-18,42H,7-14H2,1-3H3,(H,36,37,41)/b15-6+. The normalized spacial score (nSPS) is 20.2. The van der Waals surface area contributed by atoms with E-state index in [4.69, 9.17) is 0 Å². The zero-order chi connectivity index (χ0) is 33.7. The molecule has 2 amide bonds. The number of nitrogens with one attached hydrogen (secondary N) is 1. The van der Waals surface area contributed by atoms with E-state index >= 15 is 0 Å². The number of nitrogens with zero attached hydrogens (tertiary/aromatic N) is 3. The summed E-state index contributed by atoms with van der Waals surface area (Å²) in [5, 5.41) is 13.8. The van der Waals surface area contributed by atoms with Gasteiger partial charge in [0.25, 0.3) is 11.8 Å². The van der Waals surface area contributed by atoms with Crippen molar-refractivity contribution in [2.45, 2.75) is 64.0 Å². The average Bonchev–Trinajstić information content (AvgIpc) is 3.27. The van der Waals surface area contributed by atoms with Crippen LogP contribution in [-0.2, 0) is 14.8 Å². The molecule has 3 aliphatic rings. The van der Waals surface area contributed by atoms with Gasteiger partial charge in [-0.1, -0.05) is 0 Å². The number of hydrogen-bond acceptors (Lipinski definition) is 7. The van der Waals surface area contributed by atoms with Crippen molar-refractivity contribution in [2.75, 3.05) is 26.2 Å². The van der Waals surface area contributed by atoms with E-state index in [0.717, 1.165) is 23.6 Å². The Labute approximate surface area is 263 Å². The number of alkyl halides is 3. The van der Waals surface area contributed by atoms with Gasteiger partial charge in [-0.25, -0.2) is 12.8 Å². The molecule has 0 radical (unpaired) electrons. The minimum absolute atomic E-state index is 0.00592. The second-order valence-electron chi connectivity index (χ2n) is 12.2. The number of piperidine rings is 2. The van der Waals surface area contributed by atoms with Gasteiger partial charge in [-0.05, 0) is 99.6 Å². The van der Waals surface area contributed by atoms with Crippen molar-refractivity contribution in [3.05, 3.63) is 69.4 Å². The number of halogens is 4. The number of aliphatic imine (C=N–C) groups is 1. The van der Waals surface area contributed by atoms with Crippen LogP contribution >= 0.6 is 0 Å². The van der Waals surface area contributed by atoms with Gasteiger partial charge in [0.1, 0.15) is 11.4 Å². The van der Waals surface area contributed by atoms with Crippen LogP contribution in [0.2, 0.25) is 0 Å². The summed E-state index contributed by atoms with van der Waals surface area (Å²) in [6.07, 6.45) is -2.63. The Balaban J connectivity index is 1.26. The number of hydrogen-bond donors (Lipinski definition) is 2. The molecule has 3 heterocycles. The molecule has 2 N–H and O–H groups in total. The fraction of sp³-hybridized carbons (Fsp3) is 0.452. The third kappa shape index (κ3) is 7.10. The van der Waals surface area contributed by atoms with Crippen LogP contribution in [-0.4, -0.2) is 84.1 Å². The number of amidine groups is 1. The van der Waals surface area contributed by atoms with E-state index < -0.39 is 45.0 Å². The van der Waals surface area contributed by atoms with Gasteiger partial charge in [-0.3, -0.25) is 14.6 Å². The molecule has 15 heteroatoms. The van der Waals surface area contributed by atoms with Gasteiger partial charge in [-0.2, -0.15) is 4.31 Å². The molecule has 2 fully saturated rings. The predicted molar refractivity (Wildman–Crippen MR) is 161 cm³/mol. The van der Waals surface area contributed by atoms with Crippen LogP contribution in [0.25, 0.3) is 6.08 Å². The van der Waals surface area contributed by atoms with Crippen molar-refractivity contribution in [3.63, 3.8) is 0 Å². The number of sulfonamides is 1. The molecule has 0 aromatic heterocycles. The molecule has 2 saturated heterocycles. The van der Waals surface area contributed by atoms with E-state index in [2.05, 4.69) is 15.0 Å². The molecule has 248 valence electrons. The fourth-order valence-electron chi connectivity index (χ4n) is 5.93. The number of amides is 2. The summed E-state index contributed by atoms with van der Waals surface area (Å²) in [6, 6.07) is 6.15. The number of carbonyl (C=O) groups excluding carboxylic acids is 2. The second kappa shape index (κ2) is 12.1. The van der Waals surface area contributed by atoms with Gasteiger partial charge in [0.2, 0.25) is 10.0 Å². The molecule has 5 rings (SSSR count). The molecular weight excluding hydrogens is 632 g/mol. The summed E-state index contributed by atoms with van der Waals surface area (Å²) < 4.78 is 83.3. The molecule has 2 aromatic rings. The summed E-state index contributed by atoms with van der Waals surface area (Å²) in [4.78, 5) is 32.1. The first-order valence-electron chi connectivity index (χ1n) is 14.7. The largest absolute Gasteiger partial charge is 0.573 e. The highest BCUT2D eigenvalue weighted by atomic mass is 32.2. The van der Waals surface area contributed by atoms with Crippen molar-refractivity contribution in [1.29, 1.82) is 0 Å². The molecule has 10 nitrogen and oxygen atoms in total. The Hall–Kier alpha value is -3.82. The SMILES string of the molecule is Cc1cc(C(=O)N2CCC(C)(O)CC2)cc(C)c1/C=C/S(=O)(=O)N1CCC2(CC1)N=C(c1ccc(F)c(OC(F)(F)F)c1)NC2=O. The second-order valence-corrected chi connectivity index (χ2v) is 14.0. The lowest BCUT2D eigenvalue weighted by atomic mass is 9.89. The third-order valence-electron chi connectivity index (χ3n) is 8.70. The van der Waals surface area contributed by atoms with Crippen LogP contribution < -0.4 is 10.1 Å². The zero-order valence-electron chi connectivity index (χ0n) is 25.4. The maximum absolute atomic E-state index is 13.9. The summed E-state index contributed by atoms with van der Waals surface area (Å²) in [5.41, 5.74) is 0.446. The Morgan fingerprint density at radius 2 is 1.65 bits per heavy atom. The predicted octanol–water partition coefficient (Wildman–Crippen LogP) is 4.04. The molecule has 0 bridgehead atoms. The van der Waals surface area contributed by atoms with E-state index in [-0.39, 0.29) is 43.2 Å². The van der Waals surface area contributed by atoms with Crippen LogP contribution in [0.15, 0.2) is 40.7 Å². The minimum Gasteiger partial charge on any atom is -0.403 e. The van der Waals surface area contributed by atoms with Crippen LogP contribution in [0, 0.1) is 19.7 Å². The quantitative estimate of drug-likeness (QED) is 0.448. The van der Waals surface area contributed by atoms with Gasteiger partial charge >= 0.3 is 6.36 Å². The van der Waals surface area contributed by atoms with Crippen molar-refractivity contribution in [1.82, 2.24) is 14.5 Å². The summed E-state index contributed by atoms with van der Waals surface area (Å²) >= 11 is 0. The van der Waals surface area contributed by atoms with Gasteiger partial charge in [0, 0.05) is 42.7 Å². The van der Waals surface area contributed by atoms with Crippen LogP contribution in [0.4, 0.5) is 17.6 Å². The molecule has 1 spiro atoms. The average molecular weight is 667 g/mol. The number of carbonyl (C=O) groups is 2. The van der Waals surface area contributed by atoms with E-state index in [1.165, 1.54) is 10.4 Å². The number of benzene rings is 2. The first-order valence-corrected chi connectivity index (χ1v) is 16.2. The highest BCUT2D eigenvalue weighted by Crippen LogP contribution is 2.34. The number of aryl methyl sites for hydroxylation is 2. The van der Waals surface area contributed by atoms with Crippen molar-refractivity contribution in [2.24, 2.45) is 4.99 Å². The van der Waals surface area contributed by atoms with E-state index in [9.17, 15) is 40.7 Å².